The number of phenolic OH excluding ortho intramolecular Hbond substituents is 1. The number of ether oxygens (including phenoxy) is 2. The molecule has 4 aliphatic rings. The topological polar surface area (TPSA) is 125 Å². The van der Waals surface area contributed by atoms with Gasteiger partial charge in [0, 0.05) is 10.9 Å². The van der Waals surface area contributed by atoms with E-state index in [1.54, 1.807) is 78.9 Å². The molecule has 0 spiro atoms. The van der Waals surface area contributed by atoms with E-state index in [0.29, 0.717) is 33.2 Å². The molecule has 1 saturated carbocycles. The number of carbonyl (C=O) groups is 4. The van der Waals surface area contributed by atoms with Crippen molar-refractivity contribution in [1.29, 1.82) is 0 Å². The molecule has 13 heteroatoms. The number of phenols is 1. The van der Waals surface area contributed by atoms with Crippen molar-refractivity contribution in [3.8, 4) is 17.2 Å². The van der Waals surface area contributed by atoms with Crippen molar-refractivity contribution in [2.24, 2.45) is 23.7 Å². The van der Waals surface area contributed by atoms with E-state index in [1.807, 2.05) is 6.08 Å². The number of hydrogen-bond donors (Lipinski definition) is 2. The number of nitrogens with zero attached hydrogens (tertiary/aromatic N) is 2. The van der Waals surface area contributed by atoms with E-state index in [1.165, 1.54) is 25.2 Å². The molecule has 3 fully saturated rings. The van der Waals surface area contributed by atoms with Gasteiger partial charge in [-0.1, -0.05) is 83.4 Å². The number of fused-ring (bicyclic) bond motifs is 4. The third-order valence-corrected chi connectivity index (χ3v) is 12.4. The van der Waals surface area contributed by atoms with Crippen LogP contribution in [0.1, 0.15) is 35.4 Å². The van der Waals surface area contributed by atoms with Gasteiger partial charge in [0.1, 0.15) is 5.75 Å². The summed E-state index contributed by atoms with van der Waals surface area (Å²) in [6, 6.07) is 21.8. The average molecular weight is 799 g/mol. The van der Waals surface area contributed by atoms with Gasteiger partial charge in [-0.05, 0) is 90.0 Å². The molecule has 2 aliphatic heterocycles. The molecule has 2 N–H and O–H groups in total. The Hall–Kier alpha value is -5.29. The fourth-order valence-corrected chi connectivity index (χ4v) is 9.82. The number of allylic oxidation sites excluding steroid dienone is 2. The third kappa shape index (κ3) is 5.52. The molecule has 6 unspecified atom stereocenters. The first-order chi connectivity index (χ1) is 26.4. The number of imide groups is 2. The number of anilines is 2. The summed E-state index contributed by atoms with van der Waals surface area (Å²) in [7, 11) is 2.91. The molecule has 10 nitrogen and oxygen atoms in total. The fraction of sp³-hybridized carbons (Fsp3) is 0.238. The highest BCUT2D eigenvalue weighted by molar-refractivity contribution is 6.36. The lowest BCUT2D eigenvalue weighted by molar-refractivity contribution is -0.138. The smallest absolute Gasteiger partial charge is 0.260 e. The van der Waals surface area contributed by atoms with Crippen molar-refractivity contribution < 1.29 is 33.8 Å². The Balaban J connectivity index is 1.34. The maximum atomic E-state index is 15.5. The minimum absolute atomic E-state index is 0.0341. The number of carbonyl (C=O) groups excluding carboxylic acids is 4. The molecule has 0 radical (unpaired) electrons. The summed E-state index contributed by atoms with van der Waals surface area (Å²) in [6.07, 6.45) is 3.90. The number of hydrogen-bond acceptors (Lipinski definition) is 8. The molecule has 4 amide bonds. The van der Waals surface area contributed by atoms with Crippen LogP contribution < -0.4 is 19.8 Å². The van der Waals surface area contributed by atoms with Gasteiger partial charge < -0.3 is 14.6 Å². The van der Waals surface area contributed by atoms with Crippen molar-refractivity contribution >= 4 is 75.9 Å². The molecule has 8 rings (SSSR count). The van der Waals surface area contributed by atoms with Crippen molar-refractivity contribution in [3.63, 3.8) is 0 Å². The van der Waals surface area contributed by atoms with E-state index >= 15 is 4.79 Å². The first kappa shape index (κ1) is 36.7. The highest BCUT2D eigenvalue weighted by atomic mass is 35.5. The van der Waals surface area contributed by atoms with Gasteiger partial charge in [0.05, 0.1) is 58.8 Å². The van der Waals surface area contributed by atoms with Gasteiger partial charge in [-0.3, -0.25) is 29.5 Å². The van der Waals surface area contributed by atoms with Crippen LogP contribution >= 0.6 is 34.8 Å². The Bertz CT molecular complexity index is 2330. The fourth-order valence-electron chi connectivity index (χ4n) is 9.15. The number of amides is 4. The van der Waals surface area contributed by atoms with E-state index in [0.717, 1.165) is 10.6 Å². The predicted molar refractivity (Wildman–Crippen MR) is 209 cm³/mol. The van der Waals surface area contributed by atoms with Gasteiger partial charge in [0.25, 0.3) is 11.8 Å². The molecule has 55 heavy (non-hydrogen) atoms. The van der Waals surface area contributed by atoms with E-state index in [2.05, 4.69) is 12.0 Å². The van der Waals surface area contributed by atoms with Crippen LogP contribution in [0.5, 0.6) is 17.2 Å². The van der Waals surface area contributed by atoms with Crippen LogP contribution in [0.25, 0.3) is 6.08 Å². The Morgan fingerprint density at radius 3 is 2.24 bits per heavy atom. The maximum Gasteiger partial charge on any atom is 0.260 e. The highest BCUT2D eigenvalue weighted by Gasteiger charge is 2.70. The monoisotopic (exact) mass is 797 g/mol. The van der Waals surface area contributed by atoms with Crippen LogP contribution in [0.2, 0.25) is 15.1 Å². The standard InChI is InChI=1S/C42H34Cl3N3O7/c1-4-21-5-10-25(11-6-21)47-38(50)28-15-14-27-29(35(28)40(47)52)20-30-39(51)48(46-33-16-9-24(43)19-31(33)44)41(53)42(30,23-7-12-26(54-2)13-8-23)36(27)22-17-32(45)37(49)34(18-22)55-3/h4-14,16-19,28-30,35-36,46,49H,1,15,20H2,2-3H3. The summed E-state index contributed by atoms with van der Waals surface area (Å²) >= 11 is 19.4. The number of aromatic hydroxyl groups is 1. The van der Waals surface area contributed by atoms with Gasteiger partial charge in [-0.15, -0.1) is 0 Å². The molecule has 4 aromatic rings. The zero-order valence-corrected chi connectivity index (χ0v) is 31.9. The molecule has 6 atom stereocenters. The molecule has 2 heterocycles. The van der Waals surface area contributed by atoms with Crippen molar-refractivity contribution in [2.75, 3.05) is 24.5 Å². The van der Waals surface area contributed by atoms with Gasteiger partial charge in [-0.25, -0.2) is 0 Å². The lowest BCUT2D eigenvalue weighted by Crippen LogP contribution is -2.53. The largest absolute Gasteiger partial charge is 0.503 e. The summed E-state index contributed by atoms with van der Waals surface area (Å²) in [5, 5.41) is 12.3. The minimum Gasteiger partial charge on any atom is -0.503 e. The predicted octanol–water partition coefficient (Wildman–Crippen LogP) is 8.20. The van der Waals surface area contributed by atoms with Crippen LogP contribution in [0, 0.1) is 23.7 Å². The van der Waals surface area contributed by atoms with Crippen molar-refractivity contribution in [3.05, 3.63) is 129 Å². The number of rotatable bonds is 8. The second-order valence-corrected chi connectivity index (χ2v) is 15.3. The number of hydrazine groups is 1. The minimum atomic E-state index is -1.62. The first-order valence-corrected chi connectivity index (χ1v) is 18.7. The highest BCUT2D eigenvalue weighted by Crippen LogP contribution is 2.65. The lowest BCUT2D eigenvalue weighted by atomic mass is 9.49. The number of methoxy groups -OCH3 is 2. The SMILES string of the molecule is C=Cc1ccc(N2C(=O)C3CC=C4C(CC5C(=O)N(Nc6ccc(Cl)cc6Cl)C(=O)C5(c5ccc(OC)cc5)C4c4cc(Cl)c(O)c(OC)c4)C3C2=O)cc1. The van der Waals surface area contributed by atoms with Crippen molar-refractivity contribution in [2.45, 2.75) is 24.2 Å². The molecule has 2 aliphatic carbocycles. The van der Waals surface area contributed by atoms with E-state index in [-0.39, 0.29) is 51.9 Å². The van der Waals surface area contributed by atoms with Gasteiger partial charge in [0.2, 0.25) is 11.8 Å². The summed E-state index contributed by atoms with van der Waals surface area (Å²) in [5.41, 5.74) is 4.58. The Kier molecular flexibility index (Phi) is 9.19. The van der Waals surface area contributed by atoms with Crippen LogP contribution in [-0.4, -0.2) is 48.0 Å². The molecule has 0 bridgehead atoms. The summed E-state index contributed by atoms with van der Waals surface area (Å²) in [6.45, 7) is 3.79. The Morgan fingerprint density at radius 1 is 0.855 bits per heavy atom. The second kappa shape index (κ2) is 13.8. The second-order valence-electron chi connectivity index (χ2n) is 14.1. The zero-order valence-electron chi connectivity index (χ0n) is 29.6. The quantitative estimate of drug-likeness (QED) is 0.135. The van der Waals surface area contributed by atoms with Crippen LogP contribution in [0.3, 0.4) is 0 Å². The van der Waals surface area contributed by atoms with Crippen LogP contribution in [0.4, 0.5) is 11.4 Å². The third-order valence-electron chi connectivity index (χ3n) is 11.6. The number of nitrogens with one attached hydrogen (secondary N) is 1. The van der Waals surface area contributed by atoms with Gasteiger partial charge in [0.15, 0.2) is 11.5 Å². The zero-order chi connectivity index (χ0) is 38.9. The normalized spacial score (nSPS) is 25.6. The van der Waals surface area contributed by atoms with Crippen LogP contribution in [0.15, 0.2) is 97.1 Å². The maximum absolute atomic E-state index is 15.5. The van der Waals surface area contributed by atoms with Gasteiger partial charge in [-0.2, -0.15) is 5.01 Å². The summed E-state index contributed by atoms with van der Waals surface area (Å²) in [4.78, 5) is 60.4. The number of benzene rings is 4. The van der Waals surface area contributed by atoms with Crippen molar-refractivity contribution in [1.82, 2.24) is 5.01 Å². The molecule has 4 aromatic carbocycles. The summed E-state index contributed by atoms with van der Waals surface area (Å²) in [5.74, 6) is -5.68. The number of halogens is 3. The summed E-state index contributed by atoms with van der Waals surface area (Å²) < 4.78 is 11.0. The molecule has 0 aromatic heterocycles. The molecular weight excluding hydrogens is 765 g/mol. The Labute approximate surface area is 331 Å². The first-order valence-electron chi connectivity index (χ1n) is 17.6. The molecular formula is C42H34Cl3N3O7. The van der Waals surface area contributed by atoms with E-state index < -0.39 is 46.8 Å². The lowest BCUT2D eigenvalue weighted by Gasteiger charge is -2.50. The van der Waals surface area contributed by atoms with E-state index in [9.17, 15) is 19.5 Å². The van der Waals surface area contributed by atoms with E-state index in [4.69, 9.17) is 44.3 Å². The average Bonchev–Trinajstić information content (AvgIpc) is 3.57. The van der Waals surface area contributed by atoms with Crippen LogP contribution in [-0.2, 0) is 24.6 Å². The Morgan fingerprint density at radius 2 is 1.58 bits per heavy atom. The molecule has 2 saturated heterocycles. The van der Waals surface area contributed by atoms with Gasteiger partial charge >= 0.3 is 0 Å². The molecule has 280 valence electrons.